The first-order valence-corrected chi connectivity index (χ1v) is 10.9. The zero-order chi connectivity index (χ0) is 19.4. The van der Waals surface area contributed by atoms with Crippen molar-refractivity contribution in [2.45, 2.75) is 25.2 Å². The van der Waals surface area contributed by atoms with Gasteiger partial charge in [0.2, 0.25) is 15.9 Å². The summed E-state index contributed by atoms with van der Waals surface area (Å²) >= 11 is 1.31. The summed E-state index contributed by atoms with van der Waals surface area (Å²) in [6, 6.07) is 12.6. The van der Waals surface area contributed by atoms with Crippen LogP contribution in [0.25, 0.3) is 10.8 Å². The minimum absolute atomic E-state index is 0.188. The van der Waals surface area contributed by atoms with Gasteiger partial charge in [0.25, 0.3) is 0 Å². The number of sulfonamides is 1. The van der Waals surface area contributed by atoms with Crippen molar-refractivity contribution in [2.75, 3.05) is 18.4 Å². The van der Waals surface area contributed by atoms with Gasteiger partial charge in [-0.15, -0.1) is 11.3 Å². The number of nitrogens with zero attached hydrogens (tertiary/aromatic N) is 2. The third-order valence-corrected chi connectivity index (χ3v) is 6.73. The fourth-order valence-electron chi connectivity index (χ4n) is 2.74. The van der Waals surface area contributed by atoms with Crippen molar-refractivity contribution in [2.24, 2.45) is 0 Å². The highest BCUT2D eigenvalue weighted by Gasteiger charge is 2.26. The third kappa shape index (κ3) is 4.52. The van der Waals surface area contributed by atoms with E-state index in [1.54, 1.807) is 18.2 Å². The van der Waals surface area contributed by atoms with E-state index in [-0.39, 0.29) is 18.0 Å². The Bertz CT molecular complexity index is 1060. The van der Waals surface area contributed by atoms with Gasteiger partial charge >= 0.3 is 0 Å². The van der Waals surface area contributed by atoms with E-state index in [2.05, 4.69) is 10.3 Å². The molecule has 0 fully saturated rings. The summed E-state index contributed by atoms with van der Waals surface area (Å²) in [5, 5.41) is 6.77. The van der Waals surface area contributed by atoms with Crippen LogP contribution in [0.4, 0.5) is 5.13 Å². The summed E-state index contributed by atoms with van der Waals surface area (Å²) in [4.78, 5) is 16.7. The molecule has 1 amide bonds. The quantitative estimate of drug-likeness (QED) is 0.653. The maximum Gasteiger partial charge on any atom is 0.243 e. The molecule has 0 spiro atoms. The number of nitrogens with one attached hydrogen (secondary N) is 1. The van der Waals surface area contributed by atoms with Gasteiger partial charge < -0.3 is 5.32 Å². The average Bonchev–Trinajstić information content (AvgIpc) is 3.05. The smallest absolute Gasteiger partial charge is 0.243 e. The first-order chi connectivity index (χ1) is 12.9. The Morgan fingerprint density at radius 3 is 2.59 bits per heavy atom. The molecular weight excluding hydrogens is 382 g/mol. The average molecular weight is 404 g/mol. The number of benzene rings is 2. The van der Waals surface area contributed by atoms with E-state index in [0.29, 0.717) is 11.6 Å². The summed E-state index contributed by atoms with van der Waals surface area (Å²) in [7, 11) is -3.78. The van der Waals surface area contributed by atoms with Gasteiger partial charge in [0.1, 0.15) is 0 Å². The van der Waals surface area contributed by atoms with Crippen LogP contribution in [-0.2, 0) is 14.8 Å². The van der Waals surface area contributed by atoms with Gasteiger partial charge in [0, 0.05) is 11.9 Å². The highest BCUT2D eigenvalue weighted by molar-refractivity contribution is 7.89. The first kappa shape index (κ1) is 19.5. The van der Waals surface area contributed by atoms with E-state index in [1.165, 1.54) is 15.6 Å². The Morgan fingerprint density at radius 2 is 1.93 bits per heavy atom. The maximum absolute atomic E-state index is 13.1. The van der Waals surface area contributed by atoms with Crippen LogP contribution in [0.3, 0.4) is 0 Å². The number of amides is 1. The highest BCUT2D eigenvalue weighted by atomic mass is 32.2. The number of carbonyl (C=O) groups is 1. The first-order valence-electron chi connectivity index (χ1n) is 8.61. The summed E-state index contributed by atoms with van der Waals surface area (Å²) in [5.41, 5.74) is 0.810. The molecule has 8 heteroatoms. The number of anilines is 1. The molecule has 3 aromatic rings. The van der Waals surface area contributed by atoms with Crippen LogP contribution in [0.5, 0.6) is 0 Å². The maximum atomic E-state index is 13.1. The topological polar surface area (TPSA) is 79.4 Å². The molecule has 1 heterocycles. The van der Waals surface area contributed by atoms with E-state index in [4.69, 9.17) is 0 Å². The largest absolute Gasteiger partial charge is 0.301 e. The molecule has 142 valence electrons. The van der Waals surface area contributed by atoms with E-state index < -0.39 is 15.9 Å². The molecule has 2 aromatic carbocycles. The van der Waals surface area contributed by atoms with E-state index in [1.807, 2.05) is 43.5 Å². The van der Waals surface area contributed by atoms with Crippen molar-refractivity contribution >= 4 is 43.2 Å². The number of aromatic nitrogens is 1. The van der Waals surface area contributed by atoms with Crippen molar-refractivity contribution in [3.8, 4) is 0 Å². The number of hydrogen-bond donors (Lipinski definition) is 1. The van der Waals surface area contributed by atoms with Crippen molar-refractivity contribution in [3.05, 3.63) is 53.5 Å². The molecular formula is C19H21N3O3S2. The second-order valence-corrected chi connectivity index (χ2v) is 8.99. The standard InChI is InChI=1S/C19H21N3O3S2/c1-3-10-22(12-18(23)21-19-20-14(2)13-26-19)27(24,25)17-9-8-15-6-4-5-7-16(15)11-17/h4-9,11,13H,3,10,12H2,1-2H3,(H,20,21,23). The van der Waals surface area contributed by atoms with E-state index in [0.717, 1.165) is 16.5 Å². The van der Waals surface area contributed by atoms with E-state index in [9.17, 15) is 13.2 Å². The molecule has 0 bridgehead atoms. The lowest BCUT2D eigenvalue weighted by Gasteiger charge is -2.21. The number of rotatable bonds is 7. The van der Waals surface area contributed by atoms with Gasteiger partial charge in [0.15, 0.2) is 5.13 Å². The van der Waals surface area contributed by atoms with Crippen LogP contribution >= 0.6 is 11.3 Å². The molecule has 0 radical (unpaired) electrons. The molecule has 0 aliphatic carbocycles. The number of fused-ring (bicyclic) bond motifs is 1. The lowest BCUT2D eigenvalue weighted by atomic mass is 10.1. The van der Waals surface area contributed by atoms with Gasteiger partial charge in [-0.1, -0.05) is 37.3 Å². The van der Waals surface area contributed by atoms with E-state index >= 15 is 0 Å². The van der Waals surface area contributed by atoms with Crippen LogP contribution < -0.4 is 5.32 Å². The molecule has 0 aliphatic rings. The SMILES string of the molecule is CCCN(CC(=O)Nc1nc(C)cs1)S(=O)(=O)c1ccc2ccccc2c1. The summed E-state index contributed by atoms with van der Waals surface area (Å²) < 4.78 is 27.4. The minimum atomic E-state index is -3.78. The highest BCUT2D eigenvalue weighted by Crippen LogP contribution is 2.22. The zero-order valence-corrected chi connectivity index (χ0v) is 16.8. The molecule has 1 N–H and O–H groups in total. The number of aryl methyl sites for hydroxylation is 1. The fraction of sp³-hybridized carbons (Fsp3) is 0.263. The van der Waals surface area contributed by atoms with Gasteiger partial charge in [-0.2, -0.15) is 4.31 Å². The van der Waals surface area contributed by atoms with Gasteiger partial charge in [-0.25, -0.2) is 13.4 Å². The van der Waals surface area contributed by atoms with Crippen LogP contribution in [0.15, 0.2) is 52.7 Å². The summed E-state index contributed by atoms with van der Waals surface area (Å²) in [5.74, 6) is -0.401. The van der Waals surface area contributed by atoms with Crippen LogP contribution in [0, 0.1) is 6.92 Å². The minimum Gasteiger partial charge on any atom is -0.301 e. The van der Waals surface area contributed by atoms with Gasteiger partial charge in [-0.3, -0.25) is 4.79 Å². The van der Waals surface area contributed by atoms with Crippen LogP contribution in [-0.4, -0.2) is 36.7 Å². The van der Waals surface area contributed by atoms with Crippen LogP contribution in [0.1, 0.15) is 19.0 Å². The Kier molecular flexibility index (Phi) is 5.88. The molecule has 0 atom stereocenters. The van der Waals surface area contributed by atoms with Crippen LogP contribution in [0.2, 0.25) is 0 Å². The molecule has 1 aromatic heterocycles. The number of thiazole rings is 1. The number of carbonyl (C=O) groups excluding carboxylic acids is 1. The molecule has 27 heavy (non-hydrogen) atoms. The van der Waals surface area contributed by atoms with Gasteiger partial charge in [-0.05, 0) is 36.2 Å². The third-order valence-electron chi connectivity index (χ3n) is 4.02. The molecule has 0 aliphatic heterocycles. The Hall–Kier alpha value is -2.29. The molecule has 0 unspecified atom stereocenters. The molecule has 0 saturated heterocycles. The predicted octanol–water partition coefficient (Wildman–Crippen LogP) is 3.64. The molecule has 6 nitrogen and oxygen atoms in total. The summed E-state index contributed by atoms with van der Waals surface area (Å²) in [6.07, 6.45) is 0.608. The van der Waals surface area contributed by atoms with Crippen molar-refractivity contribution < 1.29 is 13.2 Å². The van der Waals surface area contributed by atoms with Crippen molar-refractivity contribution in [1.82, 2.24) is 9.29 Å². The predicted molar refractivity (Wildman–Crippen MR) is 108 cm³/mol. The normalized spacial score (nSPS) is 11.8. The summed E-state index contributed by atoms with van der Waals surface area (Å²) in [6.45, 7) is 3.73. The van der Waals surface area contributed by atoms with Crippen molar-refractivity contribution in [3.63, 3.8) is 0 Å². The second-order valence-electron chi connectivity index (χ2n) is 6.19. The second kappa shape index (κ2) is 8.16. The lowest BCUT2D eigenvalue weighted by molar-refractivity contribution is -0.116. The Morgan fingerprint density at radius 1 is 1.19 bits per heavy atom. The zero-order valence-electron chi connectivity index (χ0n) is 15.2. The number of hydrogen-bond acceptors (Lipinski definition) is 5. The lowest BCUT2D eigenvalue weighted by Crippen LogP contribution is -2.38. The fourth-order valence-corrected chi connectivity index (χ4v) is 4.97. The molecule has 0 saturated carbocycles. The Labute approximate surface area is 162 Å². The monoisotopic (exact) mass is 403 g/mol. The molecule has 3 rings (SSSR count). The van der Waals surface area contributed by atoms with Gasteiger partial charge in [0.05, 0.1) is 17.1 Å². The van der Waals surface area contributed by atoms with Crippen molar-refractivity contribution in [1.29, 1.82) is 0 Å². The Balaban J connectivity index is 1.83.